The Kier molecular flexibility index (Phi) is 6.27. The number of alkyl halides is 1. The summed E-state index contributed by atoms with van der Waals surface area (Å²) in [6, 6.07) is 0. The summed E-state index contributed by atoms with van der Waals surface area (Å²) < 4.78 is 12.2. The van der Waals surface area contributed by atoms with Crippen molar-refractivity contribution in [1.82, 2.24) is 0 Å². The lowest BCUT2D eigenvalue weighted by atomic mass is 10.1. The van der Waals surface area contributed by atoms with Crippen LogP contribution in [0.15, 0.2) is 0 Å². The Morgan fingerprint density at radius 3 is 2.60 bits per heavy atom. The van der Waals surface area contributed by atoms with Crippen molar-refractivity contribution in [3.8, 4) is 5.92 Å². The molecule has 57 valence electrons. The van der Waals surface area contributed by atoms with E-state index in [4.69, 9.17) is 6.42 Å². The molecule has 1 atom stereocenters. The third-order valence-corrected chi connectivity index (χ3v) is 1.40. The molecule has 0 aromatic rings. The summed E-state index contributed by atoms with van der Waals surface area (Å²) in [5, 5.41) is 0. The molecule has 0 aliphatic carbocycles. The number of halogens is 1. The van der Waals surface area contributed by atoms with E-state index in [1.165, 1.54) is 0 Å². The Labute approximate surface area is 62.8 Å². The monoisotopic (exact) mass is 141 g/mol. The van der Waals surface area contributed by atoms with Gasteiger partial charge < -0.3 is 0 Å². The summed E-state index contributed by atoms with van der Waals surface area (Å²) in [6.07, 6.45) is 10.3. The molecule has 1 unspecified atom stereocenters. The van der Waals surface area contributed by atoms with E-state index in [1.54, 1.807) is 6.92 Å². The highest BCUT2D eigenvalue weighted by Gasteiger charge is 1.95. The van der Waals surface area contributed by atoms with Gasteiger partial charge in [-0.05, 0) is 26.2 Å². The average molecular weight is 141 g/mol. The smallest absolute Gasteiger partial charge is 0.0973 e. The van der Waals surface area contributed by atoms with Crippen LogP contribution in [-0.4, -0.2) is 6.17 Å². The van der Waals surface area contributed by atoms with Crippen molar-refractivity contribution in [3.05, 3.63) is 6.42 Å². The van der Waals surface area contributed by atoms with Gasteiger partial charge in [0.15, 0.2) is 0 Å². The molecule has 0 rings (SSSR count). The topological polar surface area (TPSA) is 0 Å². The van der Waals surface area contributed by atoms with Gasteiger partial charge in [-0.1, -0.05) is 18.8 Å². The number of hydrogen-bond donors (Lipinski definition) is 0. The lowest BCUT2D eigenvalue weighted by Gasteiger charge is -1.98. The Morgan fingerprint density at radius 1 is 1.40 bits per heavy atom. The van der Waals surface area contributed by atoms with Crippen molar-refractivity contribution in [2.24, 2.45) is 0 Å². The molecule has 0 saturated heterocycles. The van der Waals surface area contributed by atoms with E-state index in [0.29, 0.717) is 6.42 Å². The predicted octanol–water partition coefficient (Wildman–Crippen LogP) is 2.88. The summed E-state index contributed by atoms with van der Waals surface area (Å²) in [5.74, 6) is 2.31. The van der Waals surface area contributed by atoms with Crippen molar-refractivity contribution in [1.29, 1.82) is 0 Å². The molecule has 0 spiro atoms. The molecule has 0 aliphatic rings. The standard InChI is InChI=1S/C9H14F/c1-3-4-5-6-7-8-9(2)10/h9H,4-8H2,2H3. The maximum atomic E-state index is 12.2. The van der Waals surface area contributed by atoms with Gasteiger partial charge in [0.25, 0.3) is 0 Å². The van der Waals surface area contributed by atoms with Crippen LogP contribution < -0.4 is 0 Å². The second kappa shape index (κ2) is 6.61. The predicted molar refractivity (Wildman–Crippen MR) is 40.8 cm³/mol. The van der Waals surface area contributed by atoms with Gasteiger partial charge in [0.2, 0.25) is 0 Å². The molecule has 0 aromatic heterocycles. The van der Waals surface area contributed by atoms with Gasteiger partial charge in [0.1, 0.15) is 0 Å². The SMILES string of the molecule is [C]#CCCCCCC(C)F. The zero-order valence-electron chi connectivity index (χ0n) is 6.49. The molecular weight excluding hydrogens is 127 g/mol. The van der Waals surface area contributed by atoms with Crippen molar-refractivity contribution in [2.45, 2.75) is 45.2 Å². The third-order valence-electron chi connectivity index (χ3n) is 1.40. The summed E-state index contributed by atoms with van der Waals surface area (Å²) in [6.45, 7) is 1.59. The summed E-state index contributed by atoms with van der Waals surface area (Å²) in [5.41, 5.74) is 0. The minimum Gasteiger partial charge on any atom is -0.248 e. The Bertz CT molecular complexity index is 99.8. The zero-order chi connectivity index (χ0) is 7.82. The molecule has 0 nitrogen and oxygen atoms in total. The number of hydrogen-bond acceptors (Lipinski definition) is 0. The van der Waals surface area contributed by atoms with Gasteiger partial charge in [-0.15, -0.1) is 0 Å². The Balaban J connectivity index is 2.86. The van der Waals surface area contributed by atoms with Crippen LogP contribution in [0.25, 0.3) is 0 Å². The summed E-state index contributed by atoms with van der Waals surface area (Å²) in [4.78, 5) is 0. The van der Waals surface area contributed by atoms with Gasteiger partial charge in [-0.2, -0.15) is 0 Å². The van der Waals surface area contributed by atoms with Crippen LogP contribution in [0.1, 0.15) is 39.0 Å². The molecule has 0 fully saturated rings. The van der Waals surface area contributed by atoms with Gasteiger partial charge >= 0.3 is 0 Å². The lowest BCUT2D eigenvalue weighted by molar-refractivity contribution is 0.330. The molecule has 0 aromatic carbocycles. The molecule has 0 bridgehead atoms. The fraction of sp³-hybridized carbons (Fsp3) is 0.778. The van der Waals surface area contributed by atoms with Crippen LogP contribution in [0.5, 0.6) is 0 Å². The fourth-order valence-electron chi connectivity index (χ4n) is 0.816. The van der Waals surface area contributed by atoms with Crippen LogP contribution in [0, 0.1) is 12.3 Å². The van der Waals surface area contributed by atoms with Crippen LogP contribution in [-0.2, 0) is 0 Å². The van der Waals surface area contributed by atoms with E-state index >= 15 is 0 Å². The minimum atomic E-state index is -0.663. The van der Waals surface area contributed by atoms with Crippen LogP contribution in [0.3, 0.4) is 0 Å². The third kappa shape index (κ3) is 7.49. The molecule has 1 radical (unpaired) electrons. The molecule has 0 heterocycles. The molecular formula is C9H14F. The average Bonchev–Trinajstić information content (AvgIpc) is 1.87. The van der Waals surface area contributed by atoms with E-state index < -0.39 is 6.17 Å². The quantitative estimate of drug-likeness (QED) is 0.408. The number of unbranched alkanes of at least 4 members (excludes halogenated alkanes) is 3. The highest BCUT2D eigenvalue weighted by Crippen LogP contribution is 2.06. The summed E-state index contributed by atoms with van der Waals surface area (Å²) in [7, 11) is 0. The second-order valence-electron chi connectivity index (χ2n) is 2.56. The van der Waals surface area contributed by atoms with Gasteiger partial charge in [0, 0.05) is 6.42 Å². The van der Waals surface area contributed by atoms with Crippen LogP contribution in [0.4, 0.5) is 4.39 Å². The van der Waals surface area contributed by atoms with E-state index in [9.17, 15) is 4.39 Å². The Hall–Kier alpha value is -0.510. The maximum absolute atomic E-state index is 12.2. The first-order valence-corrected chi connectivity index (χ1v) is 3.81. The first kappa shape index (κ1) is 9.49. The molecule has 1 heteroatoms. The molecule has 0 saturated carbocycles. The number of rotatable bonds is 5. The molecule has 0 amide bonds. The fourth-order valence-corrected chi connectivity index (χ4v) is 0.816. The highest BCUT2D eigenvalue weighted by atomic mass is 19.1. The van der Waals surface area contributed by atoms with Gasteiger partial charge in [0.05, 0.1) is 6.17 Å². The van der Waals surface area contributed by atoms with Crippen molar-refractivity contribution >= 4 is 0 Å². The van der Waals surface area contributed by atoms with Crippen LogP contribution in [0.2, 0.25) is 0 Å². The lowest BCUT2D eigenvalue weighted by Crippen LogP contribution is -1.90. The highest BCUT2D eigenvalue weighted by molar-refractivity contribution is 4.74. The van der Waals surface area contributed by atoms with E-state index in [2.05, 4.69) is 5.92 Å². The van der Waals surface area contributed by atoms with E-state index in [-0.39, 0.29) is 0 Å². The Morgan fingerprint density at radius 2 is 2.10 bits per heavy atom. The second-order valence-corrected chi connectivity index (χ2v) is 2.56. The van der Waals surface area contributed by atoms with E-state index in [1.807, 2.05) is 0 Å². The summed E-state index contributed by atoms with van der Waals surface area (Å²) >= 11 is 0. The molecule has 0 N–H and O–H groups in total. The normalized spacial score (nSPS) is 12.5. The van der Waals surface area contributed by atoms with Crippen LogP contribution >= 0.6 is 0 Å². The van der Waals surface area contributed by atoms with Gasteiger partial charge in [-0.3, -0.25) is 0 Å². The molecule has 0 aliphatic heterocycles. The van der Waals surface area contributed by atoms with E-state index in [0.717, 1.165) is 25.7 Å². The zero-order valence-corrected chi connectivity index (χ0v) is 6.49. The van der Waals surface area contributed by atoms with Gasteiger partial charge in [-0.25, -0.2) is 4.39 Å². The largest absolute Gasteiger partial charge is 0.248 e. The van der Waals surface area contributed by atoms with Crippen molar-refractivity contribution < 1.29 is 4.39 Å². The van der Waals surface area contributed by atoms with Crippen molar-refractivity contribution in [2.75, 3.05) is 0 Å². The first-order chi connectivity index (χ1) is 4.77. The molecule has 10 heavy (non-hydrogen) atoms. The van der Waals surface area contributed by atoms with Crippen molar-refractivity contribution in [3.63, 3.8) is 0 Å². The minimum absolute atomic E-state index is 0.663. The maximum Gasteiger partial charge on any atom is 0.0973 e. The first-order valence-electron chi connectivity index (χ1n) is 3.81.